The highest BCUT2D eigenvalue weighted by atomic mass is 16.6. The van der Waals surface area contributed by atoms with E-state index in [1.807, 2.05) is 0 Å². The third-order valence-corrected chi connectivity index (χ3v) is 4.37. The van der Waals surface area contributed by atoms with Crippen molar-refractivity contribution in [3.63, 3.8) is 0 Å². The van der Waals surface area contributed by atoms with Crippen molar-refractivity contribution >= 4 is 11.4 Å². The predicted molar refractivity (Wildman–Crippen MR) is 78.9 cm³/mol. The van der Waals surface area contributed by atoms with E-state index >= 15 is 0 Å². The number of nitro benzene ring substituents is 1. The van der Waals surface area contributed by atoms with Crippen molar-refractivity contribution < 1.29 is 10.0 Å². The van der Waals surface area contributed by atoms with E-state index in [4.69, 9.17) is 0 Å². The maximum Gasteiger partial charge on any atom is 0.272 e. The Labute approximate surface area is 119 Å². The molecule has 5 nitrogen and oxygen atoms in total. The van der Waals surface area contributed by atoms with Gasteiger partial charge in [0.25, 0.3) is 5.69 Å². The Kier molecular flexibility index (Phi) is 4.28. The summed E-state index contributed by atoms with van der Waals surface area (Å²) in [4.78, 5) is 10.4. The van der Waals surface area contributed by atoms with Gasteiger partial charge in [0.15, 0.2) is 0 Å². The molecule has 2 rings (SSSR count). The van der Waals surface area contributed by atoms with Gasteiger partial charge in [-0.25, -0.2) is 0 Å². The predicted octanol–water partition coefficient (Wildman–Crippen LogP) is 3.26. The summed E-state index contributed by atoms with van der Waals surface area (Å²) < 4.78 is 0. The lowest BCUT2D eigenvalue weighted by molar-refractivity contribution is -0.385. The molecule has 0 spiro atoms. The van der Waals surface area contributed by atoms with Gasteiger partial charge in [0, 0.05) is 29.3 Å². The summed E-state index contributed by atoms with van der Waals surface area (Å²) in [5, 5.41) is 24.2. The molecule has 0 radical (unpaired) electrons. The molecule has 0 saturated heterocycles. The van der Waals surface area contributed by atoms with Gasteiger partial charge in [-0.1, -0.05) is 19.8 Å². The molecule has 0 heterocycles. The monoisotopic (exact) mass is 278 g/mol. The highest BCUT2D eigenvalue weighted by molar-refractivity contribution is 5.53. The topological polar surface area (TPSA) is 75.4 Å². The van der Waals surface area contributed by atoms with Crippen LogP contribution in [-0.2, 0) is 0 Å². The second-order valence-corrected chi connectivity index (χ2v) is 6.03. The van der Waals surface area contributed by atoms with Crippen molar-refractivity contribution in [3.8, 4) is 0 Å². The number of benzene rings is 1. The molecule has 1 aromatic rings. The summed E-state index contributed by atoms with van der Waals surface area (Å²) in [6.07, 6.45) is 3.83. The third kappa shape index (κ3) is 3.10. The minimum atomic E-state index is -0.370. The van der Waals surface area contributed by atoms with Crippen LogP contribution in [0.3, 0.4) is 0 Å². The van der Waals surface area contributed by atoms with E-state index in [0.717, 1.165) is 31.4 Å². The zero-order chi connectivity index (χ0) is 14.8. The Morgan fingerprint density at radius 2 is 2.25 bits per heavy atom. The maximum atomic E-state index is 10.8. The fourth-order valence-corrected chi connectivity index (χ4v) is 2.86. The highest BCUT2D eigenvalue weighted by Gasteiger charge is 2.35. The van der Waals surface area contributed by atoms with E-state index < -0.39 is 0 Å². The van der Waals surface area contributed by atoms with Crippen LogP contribution in [0.25, 0.3) is 0 Å². The van der Waals surface area contributed by atoms with Gasteiger partial charge in [-0.2, -0.15) is 0 Å². The molecule has 2 atom stereocenters. The molecule has 1 aromatic carbocycles. The lowest BCUT2D eigenvalue weighted by Gasteiger charge is -2.38. The number of nitro groups is 1. The Morgan fingerprint density at radius 1 is 1.50 bits per heavy atom. The minimum Gasteiger partial charge on any atom is -0.392 e. The first kappa shape index (κ1) is 14.8. The number of aliphatic hydroxyl groups is 1. The van der Waals surface area contributed by atoms with Crippen LogP contribution in [0.15, 0.2) is 18.2 Å². The van der Waals surface area contributed by atoms with Crippen molar-refractivity contribution in [3.05, 3.63) is 33.9 Å². The van der Waals surface area contributed by atoms with Gasteiger partial charge < -0.3 is 10.4 Å². The standard InChI is InChI=1S/C15H22N2O3/c1-11-9-12(6-7-13(11)17(19)20)16-10-15(2)8-4-3-5-14(15)18/h6-7,9,14,16,18H,3-5,8,10H2,1-2H3. The first-order valence-corrected chi connectivity index (χ1v) is 7.09. The molecule has 1 aliphatic rings. The van der Waals surface area contributed by atoms with Crippen LogP contribution < -0.4 is 5.32 Å². The van der Waals surface area contributed by atoms with Gasteiger partial charge in [-0.15, -0.1) is 0 Å². The second kappa shape index (κ2) is 5.79. The Morgan fingerprint density at radius 3 is 2.85 bits per heavy atom. The molecule has 1 saturated carbocycles. The van der Waals surface area contributed by atoms with Crippen LogP contribution in [0, 0.1) is 22.5 Å². The molecule has 5 heteroatoms. The summed E-state index contributed by atoms with van der Waals surface area (Å²) in [6.45, 7) is 4.52. The average Bonchev–Trinajstić information content (AvgIpc) is 2.40. The molecule has 0 aromatic heterocycles. The Bertz CT molecular complexity index is 504. The number of rotatable bonds is 4. The van der Waals surface area contributed by atoms with Gasteiger partial charge in [-0.05, 0) is 31.9 Å². The largest absolute Gasteiger partial charge is 0.392 e. The lowest BCUT2D eigenvalue weighted by atomic mass is 9.73. The summed E-state index contributed by atoms with van der Waals surface area (Å²) in [6, 6.07) is 5.04. The highest BCUT2D eigenvalue weighted by Crippen LogP contribution is 2.36. The fourth-order valence-electron chi connectivity index (χ4n) is 2.86. The number of aryl methyl sites for hydroxylation is 1. The molecule has 1 aliphatic carbocycles. The van der Waals surface area contributed by atoms with Crippen LogP contribution >= 0.6 is 0 Å². The van der Waals surface area contributed by atoms with Gasteiger partial charge in [-0.3, -0.25) is 10.1 Å². The fraction of sp³-hybridized carbons (Fsp3) is 0.600. The summed E-state index contributed by atoms with van der Waals surface area (Å²) in [5.74, 6) is 0. The zero-order valence-electron chi connectivity index (χ0n) is 12.1. The lowest BCUT2D eigenvalue weighted by Crippen LogP contribution is -2.41. The number of anilines is 1. The minimum absolute atomic E-state index is 0.117. The quantitative estimate of drug-likeness (QED) is 0.654. The zero-order valence-corrected chi connectivity index (χ0v) is 12.1. The van der Waals surface area contributed by atoms with Crippen LogP contribution in [0.1, 0.15) is 38.2 Å². The Hall–Kier alpha value is -1.62. The number of nitrogens with zero attached hydrogens (tertiary/aromatic N) is 1. The number of hydrogen-bond acceptors (Lipinski definition) is 4. The molecule has 2 unspecified atom stereocenters. The van der Waals surface area contributed by atoms with Crippen molar-refractivity contribution in [2.24, 2.45) is 5.41 Å². The first-order chi connectivity index (χ1) is 9.42. The summed E-state index contributed by atoms with van der Waals surface area (Å²) in [5.41, 5.74) is 1.54. The normalized spacial score (nSPS) is 26.2. The van der Waals surface area contributed by atoms with Crippen molar-refractivity contribution in [2.75, 3.05) is 11.9 Å². The smallest absolute Gasteiger partial charge is 0.272 e. The SMILES string of the molecule is Cc1cc(NCC2(C)CCCCC2O)ccc1[N+](=O)[O-]. The molecule has 0 bridgehead atoms. The second-order valence-electron chi connectivity index (χ2n) is 6.03. The molecule has 1 fully saturated rings. The molecule has 0 aliphatic heterocycles. The number of hydrogen-bond donors (Lipinski definition) is 2. The molecule has 110 valence electrons. The van der Waals surface area contributed by atoms with Gasteiger partial charge >= 0.3 is 0 Å². The summed E-state index contributed by atoms with van der Waals surface area (Å²) in [7, 11) is 0. The number of aliphatic hydroxyl groups excluding tert-OH is 1. The van der Waals surface area contributed by atoms with E-state index in [1.165, 1.54) is 6.07 Å². The van der Waals surface area contributed by atoms with Gasteiger partial charge in [0.1, 0.15) is 0 Å². The molecule has 2 N–H and O–H groups in total. The van der Waals surface area contributed by atoms with E-state index in [9.17, 15) is 15.2 Å². The van der Waals surface area contributed by atoms with Crippen LogP contribution in [0.5, 0.6) is 0 Å². The van der Waals surface area contributed by atoms with Crippen LogP contribution in [-0.4, -0.2) is 22.7 Å². The van der Waals surface area contributed by atoms with E-state index in [0.29, 0.717) is 12.1 Å². The third-order valence-electron chi connectivity index (χ3n) is 4.37. The average molecular weight is 278 g/mol. The molecule has 20 heavy (non-hydrogen) atoms. The van der Waals surface area contributed by atoms with Crippen LogP contribution in [0.4, 0.5) is 11.4 Å². The van der Waals surface area contributed by atoms with Gasteiger partial charge in [0.2, 0.25) is 0 Å². The first-order valence-electron chi connectivity index (χ1n) is 7.09. The molecule has 0 amide bonds. The molecular formula is C15H22N2O3. The molecular weight excluding hydrogens is 256 g/mol. The van der Waals surface area contributed by atoms with Crippen molar-refractivity contribution in [1.29, 1.82) is 0 Å². The van der Waals surface area contributed by atoms with Gasteiger partial charge in [0.05, 0.1) is 11.0 Å². The summed E-state index contributed by atoms with van der Waals surface area (Å²) >= 11 is 0. The maximum absolute atomic E-state index is 10.8. The number of nitrogens with one attached hydrogen (secondary N) is 1. The van der Waals surface area contributed by atoms with E-state index in [1.54, 1.807) is 19.1 Å². The van der Waals surface area contributed by atoms with E-state index in [-0.39, 0.29) is 22.1 Å². The van der Waals surface area contributed by atoms with Crippen molar-refractivity contribution in [2.45, 2.75) is 45.6 Å². The van der Waals surface area contributed by atoms with E-state index in [2.05, 4.69) is 12.2 Å². The van der Waals surface area contributed by atoms with Crippen LogP contribution in [0.2, 0.25) is 0 Å². The Balaban J connectivity index is 2.04. The van der Waals surface area contributed by atoms with Crippen molar-refractivity contribution in [1.82, 2.24) is 0 Å².